The molecule has 0 saturated carbocycles. The van der Waals surface area contributed by atoms with Crippen LogP contribution < -0.4 is 10.9 Å². The molecule has 2 rings (SSSR count). The van der Waals surface area contributed by atoms with Crippen LogP contribution in [0.15, 0.2) is 23.4 Å². The summed E-state index contributed by atoms with van der Waals surface area (Å²) in [6.07, 6.45) is 6.73. The van der Waals surface area contributed by atoms with Crippen molar-refractivity contribution in [3.8, 4) is 0 Å². The minimum absolute atomic E-state index is 0.0546. The Labute approximate surface area is 89.3 Å². The van der Waals surface area contributed by atoms with Crippen molar-refractivity contribution >= 4 is 0 Å². The normalized spacial score (nSPS) is 17.9. The van der Waals surface area contributed by atoms with Crippen molar-refractivity contribution in [2.45, 2.75) is 25.8 Å². The molecule has 1 saturated heterocycles. The third kappa shape index (κ3) is 2.89. The average molecular weight is 207 g/mol. The fourth-order valence-electron chi connectivity index (χ4n) is 2.04. The fraction of sp³-hybridized carbons (Fsp3) is 0.636. The Bertz CT molecular complexity index is 355. The van der Waals surface area contributed by atoms with Crippen LogP contribution in [0, 0.1) is 5.92 Å². The second-order valence-corrected chi connectivity index (χ2v) is 4.09. The number of aryl methyl sites for hydroxylation is 1. The lowest BCUT2D eigenvalue weighted by atomic mass is 9.95. The summed E-state index contributed by atoms with van der Waals surface area (Å²) in [5.41, 5.74) is 0.0546. The van der Waals surface area contributed by atoms with E-state index in [2.05, 4.69) is 10.3 Å². The van der Waals surface area contributed by atoms with Gasteiger partial charge in [-0.3, -0.25) is 9.36 Å². The van der Waals surface area contributed by atoms with Gasteiger partial charge in [-0.2, -0.15) is 0 Å². The van der Waals surface area contributed by atoms with E-state index in [1.54, 1.807) is 17.1 Å². The number of hydrogen-bond acceptors (Lipinski definition) is 3. The summed E-state index contributed by atoms with van der Waals surface area (Å²) in [5.74, 6) is 0.762. The van der Waals surface area contributed by atoms with Crippen LogP contribution in [0.5, 0.6) is 0 Å². The first-order chi connectivity index (χ1) is 7.36. The Kier molecular flexibility index (Phi) is 3.50. The molecule has 1 fully saturated rings. The van der Waals surface area contributed by atoms with Crippen molar-refractivity contribution in [1.29, 1.82) is 0 Å². The summed E-state index contributed by atoms with van der Waals surface area (Å²) in [6, 6.07) is 1.52. The first-order valence-electron chi connectivity index (χ1n) is 5.57. The van der Waals surface area contributed by atoms with Crippen LogP contribution in [0.2, 0.25) is 0 Å². The van der Waals surface area contributed by atoms with Crippen molar-refractivity contribution < 1.29 is 0 Å². The van der Waals surface area contributed by atoms with Gasteiger partial charge in [0.15, 0.2) is 0 Å². The Hall–Kier alpha value is -1.16. The van der Waals surface area contributed by atoms with Gasteiger partial charge in [0.2, 0.25) is 0 Å². The van der Waals surface area contributed by atoms with Gasteiger partial charge in [-0.1, -0.05) is 0 Å². The second kappa shape index (κ2) is 5.07. The highest BCUT2D eigenvalue weighted by Gasteiger charge is 2.12. The van der Waals surface area contributed by atoms with E-state index in [9.17, 15) is 4.79 Å². The molecule has 0 aliphatic carbocycles. The molecule has 15 heavy (non-hydrogen) atoms. The minimum atomic E-state index is 0.0546. The summed E-state index contributed by atoms with van der Waals surface area (Å²) in [7, 11) is 0. The first kappa shape index (κ1) is 10.4. The lowest BCUT2D eigenvalue weighted by Crippen LogP contribution is -2.29. The maximum Gasteiger partial charge on any atom is 0.253 e. The lowest BCUT2D eigenvalue weighted by molar-refractivity contribution is 0.335. The highest BCUT2D eigenvalue weighted by molar-refractivity contribution is 4.82. The molecular weight excluding hydrogens is 190 g/mol. The molecule has 0 spiro atoms. The number of aromatic nitrogens is 2. The van der Waals surface area contributed by atoms with E-state index in [1.165, 1.54) is 18.9 Å². The minimum Gasteiger partial charge on any atom is -0.317 e. The lowest BCUT2D eigenvalue weighted by Gasteiger charge is -2.22. The van der Waals surface area contributed by atoms with Gasteiger partial charge >= 0.3 is 0 Å². The van der Waals surface area contributed by atoms with Crippen molar-refractivity contribution in [3.63, 3.8) is 0 Å². The Morgan fingerprint density at radius 1 is 1.47 bits per heavy atom. The van der Waals surface area contributed by atoms with E-state index in [0.717, 1.165) is 32.0 Å². The number of nitrogens with one attached hydrogen (secondary N) is 1. The molecule has 1 aromatic rings. The maximum absolute atomic E-state index is 11.4. The highest BCUT2D eigenvalue weighted by atomic mass is 16.1. The van der Waals surface area contributed by atoms with Gasteiger partial charge in [0, 0.05) is 18.8 Å². The molecule has 1 aromatic heterocycles. The van der Waals surface area contributed by atoms with Gasteiger partial charge in [-0.25, -0.2) is 4.98 Å². The molecule has 0 radical (unpaired) electrons. The van der Waals surface area contributed by atoms with Crippen LogP contribution in [-0.2, 0) is 6.54 Å². The van der Waals surface area contributed by atoms with Crippen LogP contribution in [0.4, 0.5) is 0 Å². The predicted octanol–water partition coefficient (Wildman–Crippen LogP) is 0.633. The molecule has 2 heterocycles. The van der Waals surface area contributed by atoms with Crippen LogP contribution >= 0.6 is 0 Å². The third-order valence-corrected chi connectivity index (χ3v) is 3.03. The summed E-state index contributed by atoms with van der Waals surface area (Å²) >= 11 is 0. The highest BCUT2D eigenvalue weighted by Crippen LogP contribution is 2.15. The Balaban J connectivity index is 1.87. The van der Waals surface area contributed by atoms with E-state index < -0.39 is 0 Å². The molecule has 4 heteroatoms. The number of rotatable bonds is 3. The average Bonchev–Trinajstić information content (AvgIpc) is 2.29. The summed E-state index contributed by atoms with van der Waals surface area (Å²) in [5, 5.41) is 3.34. The van der Waals surface area contributed by atoms with E-state index in [-0.39, 0.29) is 5.56 Å². The summed E-state index contributed by atoms with van der Waals surface area (Å²) < 4.78 is 1.70. The van der Waals surface area contributed by atoms with Gasteiger partial charge < -0.3 is 5.32 Å². The summed E-state index contributed by atoms with van der Waals surface area (Å²) in [6.45, 7) is 3.04. The molecule has 4 nitrogen and oxygen atoms in total. The SMILES string of the molecule is O=c1ccncn1CCC1CCNCC1. The Morgan fingerprint density at radius 3 is 3.00 bits per heavy atom. The predicted molar refractivity (Wildman–Crippen MR) is 58.7 cm³/mol. The smallest absolute Gasteiger partial charge is 0.253 e. The zero-order chi connectivity index (χ0) is 10.5. The van der Waals surface area contributed by atoms with Gasteiger partial charge in [0.1, 0.15) is 0 Å². The van der Waals surface area contributed by atoms with Crippen LogP contribution in [0.25, 0.3) is 0 Å². The number of nitrogens with zero attached hydrogens (tertiary/aromatic N) is 2. The van der Waals surface area contributed by atoms with Gasteiger partial charge in [0.25, 0.3) is 5.56 Å². The topological polar surface area (TPSA) is 46.9 Å². The molecule has 1 aliphatic rings. The zero-order valence-corrected chi connectivity index (χ0v) is 8.85. The summed E-state index contributed by atoms with van der Waals surface area (Å²) in [4.78, 5) is 15.4. The third-order valence-electron chi connectivity index (χ3n) is 3.03. The number of piperidine rings is 1. The maximum atomic E-state index is 11.4. The monoisotopic (exact) mass is 207 g/mol. The molecule has 82 valence electrons. The molecule has 0 aromatic carbocycles. The van der Waals surface area contributed by atoms with E-state index in [1.807, 2.05) is 0 Å². The standard InChI is InChI=1S/C11H17N3O/c15-11-3-7-13-9-14(11)8-4-10-1-5-12-6-2-10/h3,7,9-10,12H,1-2,4-6,8H2. The molecule has 1 aliphatic heterocycles. The van der Waals surface area contributed by atoms with Crippen molar-refractivity contribution in [2.24, 2.45) is 5.92 Å². The van der Waals surface area contributed by atoms with E-state index in [4.69, 9.17) is 0 Å². The number of hydrogen-bond donors (Lipinski definition) is 1. The van der Waals surface area contributed by atoms with Gasteiger partial charge in [-0.15, -0.1) is 0 Å². The van der Waals surface area contributed by atoms with Gasteiger partial charge in [0.05, 0.1) is 6.33 Å². The van der Waals surface area contributed by atoms with Crippen molar-refractivity contribution in [2.75, 3.05) is 13.1 Å². The molecule has 1 N–H and O–H groups in total. The molecule has 0 atom stereocenters. The first-order valence-corrected chi connectivity index (χ1v) is 5.57. The van der Waals surface area contributed by atoms with Crippen LogP contribution in [0.3, 0.4) is 0 Å². The molecule has 0 bridgehead atoms. The van der Waals surface area contributed by atoms with Crippen LogP contribution in [0.1, 0.15) is 19.3 Å². The van der Waals surface area contributed by atoms with Crippen molar-refractivity contribution in [3.05, 3.63) is 28.9 Å². The zero-order valence-electron chi connectivity index (χ0n) is 8.85. The largest absolute Gasteiger partial charge is 0.317 e. The second-order valence-electron chi connectivity index (χ2n) is 4.09. The molecule has 0 unspecified atom stereocenters. The molecular formula is C11H17N3O. The van der Waals surface area contributed by atoms with Crippen molar-refractivity contribution in [1.82, 2.24) is 14.9 Å². The van der Waals surface area contributed by atoms with E-state index >= 15 is 0 Å². The van der Waals surface area contributed by atoms with Crippen LogP contribution in [-0.4, -0.2) is 22.6 Å². The molecule has 0 amide bonds. The fourth-order valence-corrected chi connectivity index (χ4v) is 2.04. The quantitative estimate of drug-likeness (QED) is 0.791. The Morgan fingerprint density at radius 2 is 2.27 bits per heavy atom. The van der Waals surface area contributed by atoms with E-state index in [0.29, 0.717) is 0 Å². The van der Waals surface area contributed by atoms with Gasteiger partial charge in [-0.05, 0) is 38.3 Å².